The topological polar surface area (TPSA) is 44.8 Å². The lowest BCUT2D eigenvalue weighted by Gasteiger charge is -2.38. The van der Waals surface area contributed by atoms with Gasteiger partial charge in [0.25, 0.3) is 0 Å². The minimum absolute atomic E-state index is 0.282. The van der Waals surface area contributed by atoms with Crippen LogP contribution in [0.4, 0.5) is 10.7 Å². The highest BCUT2D eigenvalue weighted by Gasteiger charge is 2.29. The molecule has 29 heavy (non-hydrogen) atoms. The van der Waals surface area contributed by atoms with Gasteiger partial charge in [-0.05, 0) is 61.7 Å². The third kappa shape index (κ3) is 4.09. The van der Waals surface area contributed by atoms with Crippen molar-refractivity contribution in [2.75, 3.05) is 43.5 Å². The lowest BCUT2D eigenvalue weighted by molar-refractivity contribution is 0.0601. The third-order valence-electron chi connectivity index (χ3n) is 5.61. The summed E-state index contributed by atoms with van der Waals surface area (Å²) in [5.41, 5.74) is 4.20. The van der Waals surface area contributed by atoms with Gasteiger partial charge in [0, 0.05) is 41.8 Å². The van der Waals surface area contributed by atoms with Gasteiger partial charge in [-0.15, -0.1) is 11.3 Å². The van der Waals surface area contributed by atoms with Gasteiger partial charge in [-0.1, -0.05) is 17.7 Å². The molecule has 1 aliphatic heterocycles. The van der Waals surface area contributed by atoms with E-state index in [0.717, 1.165) is 61.0 Å². The van der Waals surface area contributed by atoms with Gasteiger partial charge < -0.3 is 19.9 Å². The molecule has 154 valence electrons. The molecule has 0 bridgehead atoms. The van der Waals surface area contributed by atoms with Crippen molar-refractivity contribution < 1.29 is 9.53 Å². The van der Waals surface area contributed by atoms with E-state index in [-0.39, 0.29) is 5.97 Å². The van der Waals surface area contributed by atoms with Gasteiger partial charge in [0.15, 0.2) is 5.11 Å². The van der Waals surface area contributed by atoms with Gasteiger partial charge in [0.2, 0.25) is 0 Å². The van der Waals surface area contributed by atoms with Crippen LogP contribution in [0.15, 0.2) is 18.2 Å². The standard InChI is InChI=1S/C21H24ClN3O2S2/c1-13-6-7-14(22)12-16(13)24-8-10-25(11-9-24)21(28)23-19-18(20(26)27-2)15-4-3-5-17(15)29-19/h6-7,12H,3-5,8-11H2,1-2H3,(H,23,28). The molecule has 5 nitrogen and oxygen atoms in total. The number of fused-ring (bicyclic) bond motifs is 1. The summed E-state index contributed by atoms with van der Waals surface area (Å²) in [6.45, 7) is 5.48. The second-order valence-electron chi connectivity index (χ2n) is 7.39. The predicted molar refractivity (Wildman–Crippen MR) is 124 cm³/mol. The average molecular weight is 450 g/mol. The van der Waals surface area contributed by atoms with Crippen LogP contribution in [0.5, 0.6) is 0 Å². The lowest BCUT2D eigenvalue weighted by Crippen LogP contribution is -2.50. The first kappa shape index (κ1) is 20.4. The summed E-state index contributed by atoms with van der Waals surface area (Å²) in [5.74, 6) is -0.282. The molecule has 4 rings (SSSR count). The Morgan fingerprint density at radius 3 is 2.72 bits per heavy atom. The smallest absolute Gasteiger partial charge is 0.341 e. The predicted octanol–water partition coefficient (Wildman–Crippen LogP) is 4.50. The zero-order valence-corrected chi connectivity index (χ0v) is 19.0. The molecule has 0 unspecified atom stereocenters. The number of esters is 1. The first-order valence-electron chi connectivity index (χ1n) is 9.78. The number of benzene rings is 1. The summed E-state index contributed by atoms with van der Waals surface area (Å²) in [6, 6.07) is 6.01. The van der Waals surface area contributed by atoms with E-state index in [0.29, 0.717) is 10.7 Å². The Balaban J connectivity index is 1.43. The summed E-state index contributed by atoms with van der Waals surface area (Å²) in [5, 5.41) is 5.57. The highest BCUT2D eigenvalue weighted by Crippen LogP contribution is 2.39. The molecule has 1 N–H and O–H groups in total. The first-order chi connectivity index (χ1) is 14.0. The number of thiophene rings is 1. The molecule has 1 aliphatic carbocycles. The van der Waals surface area contributed by atoms with Gasteiger partial charge in [-0.2, -0.15) is 0 Å². The minimum atomic E-state index is -0.282. The van der Waals surface area contributed by atoms with E-state index < -0.39 is 0 Å². The molecule has 2 aromatic rings. The van der Waals surface area contributed by atoms with Crippen molar-refractivity contribution in [3.05, 3.63) is 44.8 Å². The van der Waals surface area contributed by atoms with Crippen molar-refractivity contribution in [1.82, 2.24) is 4.90 Å². The molecule has 0 saturated carbocycles. The second kappa shape index (κ2) is 8.50. The monoisotopic (exact) mass is 449 g/mol. The van der Waals surface area contributed by atoms with Crippen molar-refractivity contribution in [3.8, 4) is 0 Å². The number of ether oxygens (including phenoxy) is 1. The number of methoxy groups -OCH3 is 1. The molecular weight excluding hydrogens is 426 g/mol. The molecule has 0 spiro atoms. The third-order valence-corrected chi connectivity index (χ3v) is 7.41. The number of nitrogens with zero attached hydrogens (tertiary/aromatic N) is 2. The van der Waals surface area contributed by atoms with Gasteiger partial charge in [0.1, 0.15) is 5.00 Å². The number of aryl methyl sites for hydroxylation is 2. The summed E-state index contributed by atoms with van der Waals surface area (Å²) in [7, 11) is 1.43. The number of nitrogens with one attached hydrogen (secondary N) is 1. The van der Waals surface area contributed by atoms with Gasteiger partial charge >= 0.3 is 5.97 Å². The number of halogens is 1. The molecule has 1 aromatic carbocycles. The second-order valence-corrected chi connectivity index (χ2v) is 9.32. The molecule has 2 aliphatic rings. The number of rotatable bonds is 3. The molecule has 1 saturated heterocycles. The minimum Gasteiger partial charge on any atom is -0.465 e. The van der Waals surface area contributed by atoms with Crippen LogP contribution in [0.1, 0.15) is 32.8 Å². The Hall–Kier alpha value is -1.83. The maximum Gasteiger partial charge on any atom is 0.341 e. The maximum atomic E-state index is 12.3. The summed E-state index contributed by atoms with van der Waals surface area (Å²) in [6.07, 6.45) is 3.05. The van der Waals surface area contributed by atoms with Crippen molar-refractivity contribution in [2.24, 2.45) is 0 Å². The molecule has 0 radical (unpaired) electrons. The normalized spacial score (nSPS) is 16.0. The largest absolute Gasteiger partial charge is 0.465 e. The van der Waals surface area contributed by atoms with E-state index >= 15 is 0 Å². The van der Waals surface area contributed by atoms with Crippen molar-refractivity contribution >= 4 is 56.9 Å². The van der Waals surface area contributed by atoms with Crippen LogP contribution in [0.3, 0.4) is 0 Å². The Kier molecular flexibility index (Phi) is 5.99. The Morgan fingerprint density at radius 1 is 1.24 bits per heavy atom. The van der Waals surface area contributed by atoms with E-state index in [1.165, 1.54) is 23.2 Å². The molecule has 2 heterocycles. The molecule has 8 heteroatoms. The van der Waals surface area contributed by atoms with E-state index in [1.54, 1.807) is 11.3 Å². The van der Waals surface area contributed by atoms with Crippen LogP contribution in [-0.2, 0) is 17.6 Å². The van der Waals surface area contributed by atoms with Crippen molar-refractivity contribution in [3.63, 3.8) is 0 Å². The summed E-state index contributed by atoms with van der Waals surface area (Å²) < 4.78 is 5.02. The molecule has 1 aromatic heterocycles. The number of anilines is 2. The fourth-order valence-corrected chi connectivity index (χ4v) is 5.85. The Labute approximate surface area is 185 Å². The maximum absolute atomic E-state index is 12.3. The van der Waals surface area contributed by atoms with E-state index in [2.05, 4.69) is 28.1 Å². The van der Waals surface area contributed by atoms with Crippen LogP contribution in [-0.4, -0.2) is 49.3 Å². The lowest BCUT2D eigenvalue weighted by atomic mass is 10.1. The number of thiocarbonyl (C=S) groups is 1. The van der Waals surface area contributed by atoms with Gasteiger partial charge in [-0.25, -0.2) is 4.79 Å². The van der Waals surface area contributed by atoms with Crippen LogP contribution < -0.4 is 10.2 Å². The van der Waals surface area contributed by atoms with Crippen LogP contribution >= 0.6 is 35.2 Å². The fourth-order valence-electron chi connectivity index (χ4n) is 4.06. The molecule has 0 amide bonds. The molecule has 1 fully saturated rings. The van der Waals surface area contributed by atoms with Crippen LogP contribution in [0.25, 0.3) is 0 Å². The summed E-state index contributed by atoms with van der Waals surface area (Å²) >= 11 is 13.5. The van der Waals surface area contributed by atoms with E-state index in [9.17, 15) is 4.79 Å². The molecular formula is C21H24ClN3O2S2. The Morgan fingerprint density at radius 2 is 2.00 bits per heavy atom. The molecule has 0 atom stereocenters. The Bertz CT molecular complexity index is 952. The highest BCUT2D eigenvalue weighted by atomic mass is 35.5. The quantitative estimate of drug-likeness (QED) is 0.549. The van der Waals surface area contributed by atoms with Crippen molar-refractivity contribution in [1.29, 1.82) is 0 Å². The number of carbonyl (C=O) groups excluding carboxylic acids is 1. The highest BCUT2D eigenvalue weighted by molar-refractivity contribution is 7.80. The van der Waals surface area contributed by atoms with Crippen molar-refractivity contribution in [2.45, 2.75) is 26.2 Å². The zero-order valence-electron chi connectivity index (χ0n) is 16.6. The number of carbonyl (C=O) groups is 1. The summed E-state index contributed by atoms with van der Waals surface area (Å²) in [4.78, 5) is 18.1. The first-order valence-corrected chi connectivity index (χ1v) is 11.4. The zero-order chi connectivity index (χ0) is 20.5. The fraction of sp³-hybridized carbons (Fsp3) is 0.429. The number of hydrogen-bond donors (Lipinski definition) is 1. The van der Waals surface area contributed by atoms with E-state index in [4.69, 9.17) is 28.6 Å². The SMILES string of the molecule is COC(=O)c1c(NC(=S)N2CCN(c3cc(Cl)ccc3C)CC2)sc2c1CCC2. The number of piperazine rings is 1. The average Bonchev–Trinajstić information content (AvgIpc) is 3.30. The van der Waals surface area contributed by atoms with Gasteiger partial charge in [0.05, 0.1) is 12.7 Å². The van der Waals surface area contributed by atoms with Crippen LogP contribution in [0, 0.1) is 6.92 Å². The van der Waals surface area contributed by atoms with Gasteiger partial charge in [-0.3, -0.25) is 0 Å². The van der Waals surface area contributed by atoms with E-state index in [1.807, 2.05) is 12.1 Å². The van der Waals surface area contributed by atoms with Crippen LogP contribution in [0.2, 0.25) is 5.02 Å². The number of hydrogen-bond acceptors (Lipinski definition) is 5.